The summed E-state index contributed by atoms with van der Waals surface area (Å²) in [5, 5.41) is 3.44. The fraction of sp³-hybridized carbons (Fsp3) is 0.533. The maximum Gasteiger partial charge on any atom is 0.410 e. The van der Waals surface area contributed by atoms with Gasteiger partial charge in [0.2, 0.25) is 0 Å². The molecule has 1 atom stereocenters. The Kier molecular flexibility index (Phi) is 4.70. The molecule has 2 rings (SSSR count). The molecule has 0 aromatic heterocycles. The molecule has 20 heavy (non-hydrogen) atoms. The molecule has 1 fully saturated rings. The first kappa shape index (κ1) is 15.3. The molecule has 0 radical (unpaired) electrons. The van der Waals surface area contributed by atoms with Gasteiger partial charge in [-0.3, -0.25) is 0 Å². The second-order valence-electron chi connectivity index (χ2n) is 5.98. The van der Waals surface area contributed by atoms with Gasteiger partial charge in [0.15, 0.2) is 0 Å². The van der Waals surface area contributed by atoms with Crippen molar-refractivity contribution < 1.29 is 9.53 Å². The van der Waals surface area contributed by atoms with Crippen LogP contribution in [0.1, 0.15) is 32.4 Å². The molecule has 0 saturated carbocycles. The normalized spacial score (nSPS) is 19.8. The molecule has 1 heterocycles. The minimum Gasteiger partial charge on any atom is -0.444 e. The zero-order valence-corrected chi connectivity index (χ0v) is 13.7. The molecule has 1 aromatic carbocycles. The molecular weight excluding hydrogens is 320 g/mol. The Morgan fingerprint density at radius 2 is 2.00 bits per heavy atom. The lowest BCUT2D eigenvalue weighted by atomic mass is 10.1. The number of amides is 1. The molecule has 5 heteroatoms. The van der Waals surface area contributed by atoms with E-state index < -0.39 is 5.60 Å². The zero-order valence-electron chi connectivity index (χ0n) is 12.1. The number of benzene rings is 1. The van der Waals surface area contributed by atoms with Crippen molar-refractivity contribution in [2.24, 2.45) is 0 Å². The van der Waals surface area contributed by atoms with E-state index in [0.717, 1.165) is 11.0 Å². The molecule has 1 aromatic rings. The van der Waals surface area contributed by atoms with Gasteiger partial charge in [-0.1, -0.05) is 28.1 Å². The van der Waals surface area contributed by atoms with Crippen LogP contribution in [-0.2, 0) is 4.74 Å². The van der Waals surface area contributed by atoms with Crippen LogP contribution in [0, 0.1) is 0 Å². The van der Waals surface area contributed by atoms with E-state index in [1.165, 1.54) is 5.56 Å². The first-order valence-corrected chi connectivity index (χ1v) is 7.61. The van der Waals surface area contributed by atoms with Gasteiger partial charge in [-0.15, -0.1) is 0 Å². The van der Waals surface area contributed by atoms with E-state index in [9.17, 15) is 4.79 Å². The molecule has 1 N–H and O–H groups in total. The van der Waals surface area contributed by atoms with Crippen LogP contribution in [0.3, 0.4) is 0 Å². The van der Waals surface area contributed by atoms with Gasteiger partial charge in [-0.2, -0.15) is 0 Å². The number of ether oxygens (including phenoxy) is 1. The Hall–Kier alpha value is -1.07. The average molecular weight is 341 g/mol. The average Bonchev–Trinajstić information content (AvgIpc) is 2.38. The van der Waals surface area contributed by atoms with Crippen molar-refractivity contribution in [3.8, 4) is 0 Å². The third-order valence-electron chi connectivity index (χ3n) is 3.10. The summed E-state index contributed by atoms with van der Waals surface area (Å²) >= 11 is 3.43. The van der Waals surface area contributed by atoms with Crippen molar-refractivity contribution in [3.05, 3.63) is 34.3 Å². The van der Waals surface area contributed by atoms with Gasteiger partial charge in [-0.25, -0.2) is 4.79 Å². The molecule has 0 aliphatic carbocycles. The number of halogens is 1. The maximum atomic E-state index is 12.1. The third kappa shape index (κ3) is 4.21. The molecule has 0 bridgehead atoms. The van der Waals surface area contributed by atoms with Crippen LogP contribution < -0.4 is 5.32 Å². The third-order valence-corrected chi connectivity index (χ3v) is 3.63. The summed E-state index contributed by atoms with van der Waals surface area (Å²) in [6, 6.07) is 8.33. The Labute approximate surface area is 128 Å². The van der Waals surface area contributed by atoms with E-state index in [-0.39, 0.29) is 12.1 Å². The highest BCUT2D eigenvalue weighted by Crippen LogP contribution is 2.21. The second kappa shape index (κ2) is 6.14. The monoisotopic (exact) mass is 340 g/mol. The number of hydrogen-bond donors (Lipinski definition) is 1. The Morgan fingerprint density at radius 1 is 1.35 bits per heavy atom. The maximum absolute atomic E-state index is 12.1. The molecule has 0 unspecified atom stereocenters. The lowest BCUT2D eigenvalue weighted by Gasteiger charge is -2.35. The van der Waals surface area contributed by atoms with Gasteiger partial charge in [0, 0.05) is 24.1 Å². The highest BCUT2D eigenvalue weighted by Gasteiger charge is 2.27. The summed E-state index contributed by atoms with van der Waals surface area (Å²) in [6.45, 7) is 7.76. The summed E-state index contributed by atoms with van der Waals surface area (Å²) in [5.74, 6) is 0. The zero-order chi connectivity index (χ0) is 14.8. The van der Waals surface area contributed by atoms with Crippen LogP contribution in [-0.4, -0.2) is 36.2 Å². The van der Waals surface area contributed by atoms with Crippen LogP contribution in [0.5, 0.6) is 0 Å². The van der Waals surface area contributed by atoms with Crippen molar-refractivity contribution in [2.45, 2.75) is 32.4 Å². The predicted octanol–water partition coefficient (Wildman–Crippen LogP) is 3.33. The molecule has 1 aliphatic heterocycles. The van der Waals surface area contributed by atoms with Crippen LogP contribution >= 0.6 is 15.9 Å². The minimum absolute atomic E-state index is 0.157. The van der Waals surface area contributed by atoms with Crippen molar-refractivity contribution >= 4 is 22.0 Å². The SMILES string of the molecule is CC(C)(C)OC(=O)N1CCN[C@@H](c2ccc(Br)cc2)C1. The van der Waals surface area contributed by atoms with E-state index in [0.29, 0.717) is 13.1 Å². The molecule has 1 saturated heterocycles. The van der Waals surface area contributed by atoms with E-state index >= 15 is 0 Å². The Morgan fingerprint density at radius 3 is 2.60 bits per heavy atom. The number of piperazine rings is 1. The predicted molar refractivity (Wildman–Crippen MR) is 82.7 cm³/mol. The number of carbonyl (C=O) groups is 1. The van der Waals surface area contributed by atoms with E-state index in [4.69, 9.17) is 4.74 Å². The van der Waals surface area contributed by atoms with Crippen molar-refractivity contribution in [1.29, 1.82) is 0 Å². The Balaban J connectivity index is 2.01. The van der Waals surface area contributed by atoms with Crippen molar-refractivity contribution in [3.63, 3.8) is 0 Å². The largest absolute Gasteiger partial charge is 0.444 e. The van der Waals surface area contributed by atoms with E-state index in [1.54, 1.807) is 4.90 Å². The van der Waals surface area contributed by atoms with Gasteiger partial charge >= 0.3 is 6.09 Å². The smallest absolute Gasteiger partial charge is 0.410 e. The second-order valence-corrected chi connectivity index (χ2v) is 6.90. The van der Waals surface area contributed by atoms with Crippen molar-refractivity contribution in [2.75, 3.05) is 19.6 Å². The van der Waals surface area contributed by atoms with Gasteiger partial charge in [0.05, 0.1) is 6.04 Å². The molecule has 110 valence electrons. The van der Waals surface area contributed by atoms with Gasteiger partial charge < -0.3 is 15.0 Å². The topological polar surface area (TPSA) is 41.6 Å². The van der Waals surface area contributed by atoms with E-state index in [1.807, 2.05) is 32.9 Å². The van der Waals surface area contributed by atoms with Gasteiger partial charge in [0.25, 0.3) is 0 Å². The summed E-state index contributed by atoms with van der Waals surface area (Å²) in [7, 11) is 0. The molecular formula is C15H21BrN2O2. The molecule has 4 nitrogen and oxygen atoms in total. The highest BCUT2D eigenvalue weighted by atomic mass is 79.9. The summed E-state index contributed by atoms with van der Waals surface area (Å²) in [4.78, 5) is 13.9. The lowest BCUT2D eigenvalue weighted by Crippen LogP contribution is -2.49. The van der Waals surface area contributed by atoms with Crippen LogP contribution in [0.4, 0.5) is 4.79 Å². The van der Waals surface area contributed by atoms with Crippen LogP contribution in [0.25, 0.3) is 0 Å². The minimum atomic E-state index is -0.449. The summed E-state index contributed by atoms with van der Waals surface area (Å²) in [6.07, 6.45) is -0.235. The standard InChI is InChI=1S/C15H21BrN2O2/c1-15(2,3)20-14(19)18-9-8-17-13(10-18)11-4-6-12(16)7-5-11/h4-7,13,17H,8-10H2,1-3H3/t13-/m1/s1. The number of rotatable bonds is 1. The number of nitrogens with one attached hydrogen (secondary N) is 1. The first-order valence-electron chi connectivity index (χ1n) is 6.82. The molecule has 0 spiro atoms. The number of nitrogens with zero attached hydrogens (tertiary/aromatic N) is 1. The van der Waals surface area contributed by atoms with Crippen LogP contribution in [0.2, 0.25) is 0 Å². The lowest BCUT2D eigenvalue weighted by molar-refractivity contribution is 0.0195. The summed E-state index contributed by atoms with van der Waals surface area (Å²) in [5.41, 5.74) is 0.733. The Bertz CT molecular complexity index is 468. The number of hydrogen-bond acceptors (Lipinski definition) is 3. The first-order chi connectivity index (χ1) is 9.35. The van der Waals surface area contributed by atoms with Crippen LogP contribution in [0.15, 0.2) is 28.7 Å². The van der Waals surface area contributed by atoms with E-state index in [2.05, 4.69) is 33.4 Å². The van der Waals surface area contributed by atoms with Crippen molar-refractivity contribution in [1.82, 2.24) is 10.2 Å². The number of carbonyl (C=O) groups excluding carboxylic acids is 1. The quantitative estimate of drug-likeness (QED) is 0.852. The fourth-order valence-electron chi connectivity index (χ4n) is 2.16. The van der Waals surface area contributed by atoms with Gasteiger partial charge in [0.1, 0.15) is 5.60 Å². The molecule has 1 amide bonds. The fourth-order valence-corrected chi connectivity index (χ4v) is 2.42. The molecule has 1 aliphatic rings. The van der Waals surface area contributed by atoms with Gasteiger partial charge in [-0.05, 0) is 38.5 Å². The summed E-state index contributed by atoms with van der Waals surface area (Å²) < 4.78 is 6.49. The highest BCUT2D eigenvalue weighted by molar-refractivity contribution is 9.10.